The fourth-order valence-electron chi connectivity index (χ4n) is 2.38. The van der Waals surface area contributed by atoms with E-state index in [0.29, 0.717) is 13.1 Å². The molecule has 1 atom stereocenters. The Morgan fingerprint density at radius 3 is 2.82 bits per heavy atom. The standard InChI is InChI=1S/C13H18N2O2/c1-13(9-11-5-3-2-4-6-11)10-15(12(16)17)8-7-14-13/h2-6,14H,7-10H2,1H3,(H,16,17)/t13-/m1/s1. The molecule has 0 unspecified atom stereocenters. The van der Waals surface area contributed by atoms with Crippen molar-refractivity contribution in [3.05, 3.63) is 35.9 Å². The Balaban J connectivity index is 2.06. The van der Waals surface area contributed by atoms with Crippen molar-refractivity contribution in [3.8, 4) is 0 Å². The number of nitrogens with one attached hydrogen (secondary N) is 1. The summed E-state index contributed by atoms with van der Waals surface area (Å²) in [7, 11) is 0. The molecule has 1 aromatic rings. The number of hydrogen-bond acceptors (Lipinski definition) is 2. The van der Waals surface area contributed by atoms with Crippen LogP contribution < -0.4 is 5.32 Å². The molecule has 17 heavy (non-hydrogen) atoms. The smallest absolute Gasteiger partial charge is 0.407 e. The maximum absolute atomic E-state index is 11.0. The van der Waals surface area contributed by atoms with Gasteiger partial charge in [-0.25, -0.2) is 4.79 Å². The third-order valence-electron chi connectivity index (χ3n) is 3.18. The van der Waals surface area contributed by atoms with Gasteiger partial charge in [0.05, 0.1) is 0 Å². The number of amides is 1. The molecule has 1 amide bonds. The molecule has 2 rings (SSSR count). The number of nitrogens with zero attached hydrogens (tertiary/aromatic N) is 1. The average molecular weight is 234 g/mol. The largest absolute Gasteiger partial charge is 0.465 e. The fourth-order valence-corrected chi connectivity index (χ4v) is 2.38. The van der Waals surface area contributed by atoms with Gasteiger partial charge in [-0.15, -0.1) is 0 Å². The maximum atomic E-state index is 11.0. The normalized spacial score (nSPS) is 24.6. The zero-order chi connectivity index (χ0) is 12.3. The van der Waals surface area contributed by atoms with Gasteiger partial charge in [0.25, 0.3) is 0 Å². The van der Waals surface area contributed by atoms with Crippen molar-refractivity contribution in [3.63, 3.8) is 0 Å². The molecule has 0 saturated carbocycles. The van der Waals surface area contributed by atoms with Gasteiger partial charge in [0.1, 0.15) is 0 Å². The van der Waals surface area contributed by atoms with Crippen molar-refractivity contribution in [1.29, 1.82) is 0 Å². The van der Waals surface area contributed by atoms with Crippen LogP contribution in [-0.2, 0) is 6.42 Å². The minimum atomic E-state index is -0.828. The number of piperazine rings is 1. The van der Waals surface area contributed by atoms with Gasteiger partial charge in [-0.3, -0.25) is 0 Å². The zero-order valence-electron chi connectivity index (χ0n) is 10.0. The maximum Gasteiger partial charge on any atom is 0.407 e. The molecule has 2 N–H and O–H groups in total. The molecule has 1 heterocycles. The first-order chi connectivity index (χ1) is 8.09. The Morgan fingerprint density at radius 1 is 1.47 bits per heavy atom. The third-order valence-corrected chi connectivity index (χ3v) is 3.18. The van der Waals surface area contributed by atoms with Gasteiger partial charge in [-0.1, -0.05) is 30.3 Å². The van der Waals surface area contributed by atoms with E-state index in [1.165, 1.54) is 10.5 Å². The first kappa shape index (κ1) is 11.9. The van der Waals surface area contributed by atoms with Crippen LogP contribution in [0.4, 0.5) is 4.79 Å². The van der Waals surface area contributed by atoms with Crippen LogP contribution in [0, 0.1) is 0 Å². The van der Waals surface area contributed by atoms with Crippen LogP contribution in [0.15, 0.2) is 30.3 Å². The van der Waals surface area contributed by atoms with Crippen molar-refractivity contribution in [1.82, 2.24) is 10.2 Å². The molecular weight excluding hydrogens is 216 g/mol. The summed E-state index contributed by atoms with van der Waals surface area (Å²) in [6.45, 7) is 3.90. The van der Waals surface area contributed by atoms with E-state index in [-0.39, 0.29) is 5.54 Å². The second-order valence-corrected chi connectivity index (χ2v) is 4.85. The average Bonchev–Trinajstić information content (AvgIpc) is 2.29. The molecule has 0 spiro atoms. The molecule has 0 radical (unpaired) electrons. The van der Waals surface area contributed by atoms with Crippen LogP contribution in [-0.4, -0.2) is 41.3 Å². The van der Waals surface area contributed by atoms with Crippen LogP contribution in [0.2, 0.25) is 0 Å². The molecule has 4 nitrogen and oxygen atoms in total. The Hall–Kier alpha value is -1.55. The Bertz CT molecular complexity index is 394. The van der Waals surface area contributed by atoms with Crippen LogP contribution in [0.3, 0.4) is 0 Å². The highest BCUT2D eigenvalue weighted by molar-refractivity contribution is 5.65. The summed E-state index contributed by atoms with van der Waals surface area (Å²) < 4.78 is 0. The number of rotatable bonds is 2. The predicted molar refractivity (Wildman–Crippen MR) is 66.2 cm³/mol. The summed E-state index contributed by atoms with van der Waals surface area (Å²) in [6.07, 6.45) is 0.0169. The molecule has 1 saturated heterocycles. The first-order valence-corrected chi connectivity index (χ1v) is 5.86. The molecule has 1 aromatic carbocycles. The Labute approximate surface area is 101 Å². The highest BCUT2D eigenvalue weighted by atomic mass is 16.4. The van der Waals surface area contributed by atoms with Crippen LogP contribution in [0.25, 0.3) is 0 Å². The number of carboxylic acid groups (broad SMARTS) is 1. The predicted octanol–water partition coefficient (Wildman–Crippen LogP) is 1.57. The molecule has 92 valence electrons. The highest BCUT2D eigenvalue weighted by Crippen LogP contribution is 2.17. The van der Waals surface area contributed by atoms with Gasteiger partial charge in [-0.05, 0) is 18.9 Å². The Morgan fingerprint density at radius 2 is 2.18 bits per heavy atom. The summed E-state index contributed by atoms with van der Waals surface area (Å²) in [4.78, 5) is 12.5. The molecular formula is C13H18N2O2. The summed E-state index contributed by atoms with van der Waals surface area (Å²) in [5, 5.41) is 12.5. The van der Waals surface area contributed by atoms with Gasteiger partial charge in [0.2, 0.25) is 0 Å². The molecule has 1 aliphatic heterocycles. The first-order valence-electron chi connectivity index (χ1n) is 5.86. The molecule has 0 aromatic heterocycles. The molecule has 1 aliphatic rings. The van der Waals surface area contributed by atoms with Gasteiger partial charge < -0.3 is 15.3 Å². The van der Waals surface area contributed by atoms with Crippen molar-refractivity contribution in [2.75, 3.05) is 19.6 Å². The highest BCUT2D eigenvalue weighted by Gasteiger charge is 2.32. The van der Waals surface area contributed by atoms with E-state index in [0.717, 1.165) is 13.0 Å². The second-order valence-electron chi connectivity index (χ2n) is 4.85. The van der Waals surface area contributed by atoms with E-state index in [2.05, 4.69) is 24.4 Å². The monoisotopic (exact) mass is 234 g/mol. The summed E-state index contributed by atoms with van der Waals surface area (Å²) in [5.41, 5.74) is 1.06. The molecule has 0 bridgehead atoms. The van der Waals surface area contributed by atoms with E-state index >= 15 is 0 Å². The SMILES string of the molecule is C[C@@]1(Cc2ccccc2)CN(C(=O)O)CCN1. The lowest BCUT2D eigenvalue weighted by atomic mass is 9.90. The van der Waals surface area contributed by atoms with Gasteiger partial charge in [-0.2, -0.15) is 0 Å². The van der Waals surface area contributed by atoms with Crippen molar-refractivity contribution in [2.45, 2.75) is 18.9 Å². The van der Waals surface area contributed by atoms with Crippen molar-refractivity contribution >= 4 is 6.09 Å². The number of carbonyl (C=O) groups is 1. The summed E-state index contributed by atoms with van der Waals surface area (Å²) in [5.74, 6) is 0. The minimum absolute atomic E-state index is 0.169. The van der Waals surface area contributed by atoms with Gasteiger partial charge >= 0.3 is 6.09 Å². The number of hydrogen-bond donors (Lipinski definition) is 2. The minimum Gasteiger partial charge on any atom is -0.465 e. The van der Waals surface area contributed by atoms with Gasteiger partial charge in [0.15, 0.2) is 0 Å². The van der Waals surface area contributed by atoms with E-state index < -0.39 is 6.09 Å². The second kappa shape index (κ2) is 4.75. The van der Waals surface area contributed by atoms with E-state index in [9.17, 15) is 4.79 Å². The molecule has 4 heteroatoms. The van der Waals surface area contributed by atoms with Crippen LogP contribution in [0.1, 0.15) is 12.5 Å². The van der Waals surface area contributed by atoms with Crippen molar-refractivity contribution < 1.29 is 9.90 Å². The van der Waals surface area contributed by atoms with Gasteiger partial charge in [0, 0.05) is 25.2 Å². The topological polar surface area (TPSA) is 52.6 Å². The lowest BCUT2D eigenvalue weighted by Crippen LogP contribution is -2.60. The molecule has 0 aliphatic carbocycles. The zero-order valence-corrected chi connectivity index (χ0v) is 10.0. The lowest BCUT2D eigenvalue weighted by molar-refractivity contribution is 0.108. The lowest BCUT2D eigenvalue weighted by Gasteiger charge is -2.40. The summed E-state index contributed by atoms with van der Waals surface area (Å²) in [6, 6.07) is 10.2. The summed E-state index contributed by atoms with van der Waals surface area (Å²) >= 11 is 0. The van der Waals surface area contributed by atoms with E-state index in [4.69, 9.17) is 5.11 Å². The fraction of sp³-hybridized carbons (Fsp3) is 0.462. The Kier molecular flexibility index (Phi) is 3.33. The molecule has 1 fully saturated rings. The third kappa shape index (κ3) is 2.97. The quantitative estimate of drug-likeness (QED) is 0.816. The van der Waals surface area contributed by atoms with E-state index in [1.54, 1.807) is 0 Å². The number of benzene rings is 1. The van der Waals surface area contributed by atoms with Crippen LogP contribution in [0.5, 0.6) is 0 Å². The van der Waals surface area contributed by atoms with E-state index in [1.807, 2.05) is 18.2 Å². The van der Waals surface area contributed by atoms with Crippen molar-refractivity contribution in [2.24, 2.45) is 0 Å². The van der Waals surface area contributed by atoms with Crippen LogP contribution >= 0.6 is 0 Å².